The molecule has 0 spiro atoms. The summed E-state index contributed by atoms with van der Waals surface area (Å²) < 4.78 is 5.57. The fraction of sp³-hybridized carbons (Fsp3) is 0.792. The fourth-order valence-corrected chi connectivity index (χ4v) is 5.81. The summed E-state index contributed by atoms with van der Waals surface area (Å²) in [6, 6.07) is -4.21. The fourth-order valence-electron chi connectivity index (χ4n) is 5.81. The molecule has 4 amide bonds. The highest BCUT2D eigenvalue weighted by Crippen LogP contribution is 2.28. The maximum Gasteiger partial charge on any atom is 0.329 e. The summed E-state index contributed by atoms with van der Waals surface area (Å²) in [7, 11) is 0. The van der Waals surface area contributed by atoms with Gasteiger partial charge in [-0.3, -0.25) is 19.2 Å². The summed E-state index contributed by atoms with van der Waals surface area (Å²) in [4.78, 5) is 70.9. The third-order valence-corrected chi connectivity index (χ3v) is 7.80. The molecule has 194 valence electrons. The van der Waals surface area contributed by atoms with E-state index in [-0.39, 0.29) is 17.7 Å². The van der Waals surface area contributed by atoms with Gasteiger partial charge in [-0.25, -0.2) is 4.79 Å². The lowest BCUT2D eigenvalue weighted by molar-refractivity contribution is -0.161. The van der Waals surface area contributed by atoms with Crippen LogP contribution < -0.4 is 11.1 Å². The van der Waals surface area contributed by atoms with Crippen molar-refractivity contribution in [3.8, 4) is 0 Å². The number of hydrogen-bond acceptors (Lipinski definition) is 7. The van der Waals surface area contributed by atoms with E-state index in [2.05, 4.69) is 5.32 Å². The molecule has 0 saturated carbocycles. The molecule has 4 saturated heterocycles. The molecule has 7 atom stereocenters. The van der Waals surface area contributed by atoms with E-state index in [1.54, 1.807) is 18.7 Å². The summed E-state index contributed by atoms with van der Waals surface area (Å²) in [6.45, 7) is 6.26. The van der Waals surface area contributed by atoms with Gasteiger partial charge < -0.3 is 30.5 Å². The van der Waals surface area contributed by atoms with Crippen LogP contribution in [-0.2, 0) is 28.7 Å². The molecule has 4 aliphatic heterocycles. The lowest BCUT2D eigenvalue weighted by atomic mass is 9.99. The van der Waals surface area contributed by atoms with Crippen molar-refractivity contribution in [1.29, 1.82) is 0 Å². The van der Waals surface area contributed by atoms with E-state index in [0.29, 0.717) is 45.3 Å². The van der Waals surface area contributed by atoms with E-state index in [9.17, 15) is 24.0 Å². The first-order chi connectivity index (χ1) is 16.6. The van der Waals surface area contributed by atoms with Gasteiger partial charge in [0.25, 0.3) is 0 Å². The van der Waals surface area contributed by atoms with Crippen LogP contribution in [0.3, 0.4) is 0 Å². The van der Waals surface area contributed by atoms with E-state index < -0.39 is 54.1 Å². The van der Waals surface area contributed by atoms with Gasteiger partial charge in [-0.15, -0.1) is 0 Å². The molecule has 3 N–H and O–H groups in total. The van der Waals surface area contributed by atoms with Crippen molar-refractivity contribution >= 4 is 29.6 Å². The molecule has 0 aromatic heterocycles. The number of rotatable bonds is 0. The van der Waals surface area contributed by atoms with E-state index in [0.717, 1.165) is 12.8 Å². The maximum atomic E-state index is 13.6. The number of nitrogens with one attached hydrogen (secondary N) is 1. The van der Waals surface area contributed by atoms with Gasteiger partial charge in [0.05, 0.1) is 0 Å². The molecule has 0 bridgehead atoms. The molecule has 0 aliphatic carbocycles. The SMILES string of the molecule is CC1CC2C(=O)OC(C)C(N)C(=O)N3CCCC3C(=O)N3CCCCC3C(=O)NC(C)C(=O)N2C1. The summed E-state index contributed by atoms with van der Waals surface area (Å²) in [5.41, 5.74) is 6.22. The Kier molecular flexibility index (Phi) is 7.35. The average Bonchev–Trinajstić information content (AvgIpc) is 3.48. The Morgan fingerprint density at radius 2 is 1.46 bits per heavy atom. The van der Waals surface area contributed by atoms with Crippen molar-refractivity contribution in [3.05, 3.63) is 0 Å². The number of carbonyl (C=O) groups excluding carboxylic acids is 5. The zero-order valence-corrected chi connectivity index (χ0v) is 20.8. The second kappa shape index (κ2) is 10.1. The van der Waals surface area contributed by atoms with Crippen LogP contribution >= 0.6 is 0 Å². The highest BCUT2D eigenvalue weighted by molar-refractivity contribution is 5.96. The van der Waals surface area contributed by atoms with E-state index in [1.807, 2.05) is 6.92 Å². The van der Waals surface area contributed by atoms with Gasteiger partial charge in [-0.05, 0) is 58.3 Å². The lowest BCUT2D eigenvalue weighted by Crippen LogP contribution is -2.61. The van der Waals surface area contributed by atoms with E-state index in [4.69, 9.17) is 10.5 Å². The minimum atomic E-state index is -1.14. The van der Waals surface area contributed by atoms with E-state index >= 15 is 0 Å². The Hall–Kier alpha value is -2.69. The van der Waals surface area contributed by atoms with Crippen LogP contribution in [0.15, 0.2) is 0 Å². The van der Waals surface area contributed by atoms with Crippen LogP contribution in [0.4, 0.5) is 0 Å². The number of nitrogens with zero attached hydrogens (tertiary/aromatic N) is 3. The third-order valence-electron chi connectivity index (χ3n) is 7.80. The van der Waals surface area contributed by atoms with Gasteiger partial charge in [0.15, 0.2) is 0 Å². The molecule has 11 heteroatoms. The van der Waals surface area contributed by atoms with Gasteiger partial charge in [0.1, 0.15) is 36.3 Å². The van der Waals surface area contributed by atoms with Gasteiger partial charge in [-0.2, -0.15) is 0 Å². The number of esters is 1. The molecular weight excluding hydrogens is 454 g/mol. The quantitative estimate of drug-likeness (QED) is 0.430. The normalized spacial score (nSPS) is 37.5. The molecule has 4 aliphatic rings. The number of cyclic esters (lactones) is 1. The van der Waals surface area contributed by atoms with Crippen LogP contribution in [0, 0.1) is 5.92 Å². The monoisotopic (exact) mass is 491 g/mol. The number of hydrogen-bond donors (Lipinski definition) is 2. The molecule has 7 unspecified atom stereocenters. The summed E-state index contributed by atoms with van der Waals surface area (Å²) in [5, 5.41) is 2.78. The molecule has 0 radical (unpaired) electrons. The van der Waals surface area contributed by atoms with Crippen LogP contribution in [0.2, 0.25) is 0 Å². The first-order valence-electron chi connectivity index (χ1n) is 12.8. The van der Waals surface area contributed by atoms with Crippen molar-refractivity contribution in [2.75, 3.05) is 19.6 Å². The van der Waals surface area contributed by atoms with Crippen LogP contribution in [0.1, 0.15) is 59.3 Å². The zero-order valence-electron chi connectivity index (χ0n) is 20.8. The van der Waals surface area contributed by atoms with Gasteiger partial charge in [0, 0.05) is 19.6 Å². The minimum absolute atomic E-state index is 0.0731. The first-order valence-corrected chi connectivity index (χ1v) is 12.8. The van der Waals surface area contributed by atoms with Gasteiger partial charge >= 0.3 is 5.97 Å². The number of piperidine rings is 1. The summed E-state index contributed by atoms with van der Waals surface area (Å²) in [5.74, 6) is -2.03. The number of fused-ring (bicyclic) bond motifs is 3. The second-order valence-corrected chi connectivity index (χ2v) is 10.5. The standard InChI is InChI=1S/C24H37N5O6/c1-13-11-18-24(34)35-15(3)19(25)23(33)28-10-6-8-17(28)22(32)27-9-5-4-7-16(27)20(30)26-14(2)21(31)29(18)12-13/h13-19H,4-12,25H2,1-3H3,(H,26,30). The van der Waals surface area contributed by atoms with E-state index in [1.165, 1.54) is 9.80 Å². The third kappa shape index (κ3) is 4.87. The zero-order chi connectivity index (χ0) is 25.4. The maximum absolute atomic E-state index is 13.6. The molecule has 0 aromatic carbocycles. The first kappa shape index (κ1) is 25.4. The van der Waals surface area contributed by atoms with Crippen molar-refractivity contribution in [2.24, 2.45) is 11.7 Å². The van der Waals surface area contributed by atoms with Crippen LogP contribution in [0.5, 0.6) is 0 Å². The molecule has 11 nitrogen and oxygen atoms in total. The smallest absolute Gasteiger partial charge is 0.329 e. The molecule has 4 fully saturated rings. The minimum Gasteiger partial charge on any atom is -0.459 e. The second-order valence-electron chi connectivity index (χ2n) is 10.5. The predicted molar refractivity (Wildman–Crippen MR) is 125 cm³/mol. The van der Waals surface area contributed by atoms with Crippen molar-refractivity contribution in [3.63, 3.8) is 0 Å². The lowest BCUT2D eigenvalue weighted by Gasteiger charge is -2.39. The molecular formula is C24H37N5O6. The number of carbonyl (C=O) groups is 5. The molecule has 4 heterocycles. The average molecular weight is 492 g/mol. The Balaban J connectivity index is 1.67. The van der Waals surface area contributed by atoms with Crippen LogP contribution in [-0.4, -0.2) is 100 Å². The van der Waals surface area contributed by atoms with Gasteiger partial charge in [0.2, 0.25) is 23.6 Å². The Labute approximate surface area is 205 Å². The Morgan fingerprint density at radius 3 is 2.20 bits per heavy atom. The predicted octanol–water partition coefficient (Wildman–Crippen LogP) is -0.627. The molecule has 0 aromatic rings. The Bertz CT molecular complexity index is 896. The number of ether oxygens (including phenoxy) is 1. The highest BCUT2D eigenvalue weighted by atomic mass is 16.5. The topological polar surface area (TPSA) is 142 Å². The molecule has 35 heavy (non-hydrogen) atoms. The largest absolute Gasteiger partial charge is 0.459 e. The number of nitrogens with two attached hydrogens (primary N) is 1. The van der Waals surface area contributed by atoms with Crippen LogP contribution in [0.25, 0.3) is 0 Å². The molecule has 4 rings (SSSR count). The van der Waals surface area contributed by atoms with Crippen molar-refractivity contribution < 1.29 is 28.7 Å². The Morgan fingerprint density at radius 1 is 0.800 bits per heavy atom. The van der Waals surface area contributed by atoms with Crippen molar-refractivity contribution in [1.82, 2.24) is 20.0 Å². The number of amides is 4. The van der Waals surface area contributed by atoms with Gasteiger partial charge in [-0.1, -0.05) is 6.92 Å². The highest BCUT2D eigenvalue weighted by Gasteiger charge is 2.46. The summed E-state index contributed by atoms with van der Waals surface area (Å²) in [6.07, 6.45) is 2.69. The van der Waals surface area contributed by atoms with Crippen molar-refractivity contribution in [2.45, 2.75) is 95.6 Å². The summed E-state index contributed by atoms with van der Waals surface area (Å²) >= 11 is 0.